The minimum absolute atomic E-state index is 0.0936. The summed E-state index contributed by atoms with van der Waals surface area (Å²) in [5.74, 6) is -0.480. The molecule has 0 spiro atoms. The van der Waals surface area contributed by atoms with Crippen LogP contribution in [0.3, 0.4) is 0 Å². The molecule has 1 aromatic carbocycles. The maximum absolute atomic E-state index is 12.8. The van der Waals surface area contributed by atoms with Crippen molar-refractivity contribution in [3.63, 3.8) is 0 Å². The predicted molar refractivity (Wildman–Crippen MR) is 89.9 cm³/mol. The van der Waals surface area contributed by atoms with Crippen LogP contribution in [0.2, 0.25) is 0 Å². The van der Waals surface area contributed by atoms with Gasteiger partial charge in [0.1, 0.15) is 0 Å². The minimum atomic E-state index is -0.314. The lowest BCUT2D eigenvalue weighted by molar-refractivity contribution is -0.124. The first-order valence-electron chi connectivity index (χ1n) is 8.75. The molecule has 3 aliphatic rings. The predicted octanol–water partition coefficient (Wildman–Crippen LogP) is 1.91. The maximum atomic E-state index is 12.8. The van der Waals surface area contributed by atoms with Crippen LogP contribution in [0.15, 0.2) is 36.4 Å². The Morgan fingerprint density at radius 2 is 1.72 bits per heavy atom. The molecule has 3 aliphatic heterocycles. The van der Waals surface area contributed by atoms with Gasteiger partial charge in [-0.3, -0.25) is 14.3 Å². The SMILES string of the molecule is Cc1cc(N2C(=O)[C@@H]3[C@@H](C2=O)[C@H]2CC[C@@H]3O2)nn1Cc1ccccc1. The van der Waals surface area contributed by atoms with E-state index in [1.54, 1.807) is 0 Å². The number of imide groups is 1. The van der Waals surface area contributed by atoms with Gasteiger partial charge in [0.2, 0.25) is 11.8 Å². The third kappa shape index (κ3) is 2.10. The Hall–Kier alpha value is -2.47. The molecule has 2 bridgehead atoms. The second-order valence-electron chi connectivity index (χ2n) is 7.14. The number of aromatic nitrogens is 2. The van der Waals surface area contributed by atoms with Crippen molar-refractivity contribution in [2.75, 3.05) is 4.90 Å². The van der Waals surface area contributed by atoms with E-state index in [1.165, 1.54) is 4.90 Å². The Labute approximate surface area is 145 Å². The van der Waals surface area contributed by atoms with Crippen molar-refractivity contribution >= 4 is 17.6 Å². The highest BCUT2D eigenvalue weighted by Crippen LogP contribution is 2.49. The van der Waals surface area contributed by atoms with Gasteiger partial charge < -0.3 is 4.74 Å². The Balaban J connectivity index is 1.45. The number of aryl methyl sites for hydroxylation is 1. The number of anilines is 1. The second kappa shape index (κ2) is 5.26. The molecule has 4 atom stereocenters. The van der Waals surface area contributed by atoms with Gasteiger partial charge in [-0.05, 0) is 25.3 Å². The summed E-state index contributed by atoms with van der Waals surface area (Å²) >= 11 is 0. The summed E-state index contributed by atoms with van der Waals surface area (Å²) in [6.07, 6.45) is 1.56. The quantitative estimate of drug-likeness (QED) is 0.803. The third-order valence-corrected chi connectivity index (χ3v) is 5.66. The van der Waals surface area contributed by atoms with Crippen molar-refractivity contribution < 1.29 is 14.3 Å². The van der Waals surface area contributed by atoms with E-state index in [2.05, 4.69) is 5.10 Å². The van der Waals surface area contributed by atoms with Crippen LogP contribution in [0.25, 0.3) is 0 Å². The molecule has 2 aromatic rings. The van der Waals surface area contributed by atoms with E-state index in [0.29, 0.717) is 12.4 Å². The summed E-state index contributed by atoms with van der Waals surface area (Å²) < 4.78 is 7.62. The van der Waals surface area contributed by atoms with Crippen molar-refractivity contribution in [1.29, 1.82) is 0 Å². The van der Waals surface area contributed by atoms with E-state index >= 15 is 0 Å². The fraction of sp³-hybridized carbons (Fsp3) is 0.421. The number of amides is 2. The van der Waals surface area contributed by atoms with Gasteiger partial charge in [0, 0.05) is 11.8 Å². The standard InChI is InChI=1S/C19H19N3O3/c1-11-9-15(20-21(11)10-12-5-3-2-4-6-12)22-18(23)16-13-7-8-14(25-13)17(16)19(22)24/h2-6,9,13-14,16-17H,7-8,10H2,1H3/t13-,14+,16-,17-/m0/s1. The van der Waals surface area contributed by atoms with E-state index in [-0.39, 0.29) is 35.9 Å². The Morgan fingerprint density at radius 3 is 2.36 bits per heavy atom. The smallest absolute Gasteiger partial charge is 0.241 e. The van der Waals surface area contributed by atoms with Gasteiger partial charge in [-0.2, -0.15) is 5.10 Å². The number of hydrogen-bond donors (Lipinski definition) is 0. The lowest BCUT2D eigenvalue weighted by atomic mass is 9.81. The van der Waals surface area contributed by atoms with Crippen LogP contribution in [0, 0.1) is 18.8 Å². The molecule has 2 amide bonds. The normalized spacial score (nSPS) is 30.4. The van der Waals surface area contributed by atoms with Gasteiger partial charge in [-0.25, -0.2) is 4.90 Å². The zero-order valence-electron chi connectivity index (χ0n) is 14.0. The molecule has 25 heavy (non-hydrogen) atoms. The first-order valence-corrected chi connectivity index (χ1v) is 8.75. The average Bonchev–Trinajstić information content (AvgIpc) is 3.34. The lowest BCUT2D eigenvalue weighted by Gasteiger charge is -2.15. The molecule has 6 heteroatoms. The van der Waals surface area contributed by atoms with Gasteiger partial charge in [0.05, 0.1) is 30.6 Å². The van der Waals surface area contributed by atoms with E-state index < -0.39 is 0 Å². The van der Waals surface area contributed by atoms with E-state index in [9.17, 15) is 9.59 Å². The van der Waals surface area contributed by atoms with Crippen molar-refractivity contribution in [2.24, 2.45) is 11.8 Å². The van der Waals surface area contributed by atoms with Crippen molar-refractivity contribution in [3.8, 4) is 0 Å². The minimum Gasteiger partial charge on any atom is -0.373 e. The number of rotatable bonds is 3. The number of nitrogens with zero attached hydrogens (tertiary/aromatic N) is 3. The summed E-state index contributed by atoms with van der Waals surface area (Å²) in [5.41, 5.74) is 2.05. The van der Waals surface area contributed by atoms with Gasteiger partial charge in [-0.15, -0.1) is 0 Å². The number of carbonyl (C=O) groups excluding carboxylic acids is 2. The number of ether oxygens (including phenoxy) is 1. The van der Waals surface area contributed by atoms with E-state index in [4.69, 9.17) is 4.74 Å². The van der Waals surface area contributed by atoms with Crippen LogP contribution in [0.5, 0.6) is 0 Å². The van der Waals surface area contributed by atoms with Gasteiger partial charge in [0.15, 0.2) is 5.82 Å². The molecule has 5 rings (SSSR count). The summed E-state index contributed by atoms with van der Waals surface area (Å²) in [5, 5.41) is 4.55. The topological polar surface area (TPSA) is 64.4 Å². The summed E-state index contributed by atoms with van der Waals surface area (Å²) in [6, 6.07) is 11.8. The highest BCUT2D eigenvalue weighted by Gasteiger charge is 2.63. The number of benzene rings is 1. The fourth-order valence-corrected chi connectivity index (χ4v) is 4.46. The van der Waals surface area contributed by atoms with Crippen molar-refractivity contribution in [2.45, 2.75) is 38.5 Å². The molecule has 0 N–H and O–H groups in total. The number of fused-ring (bicyclic) bond motifs is 5. The maximum Gasteiger partial charge on any atom is 0.241 e. The largest absolute Gasteiger partial charge is 0.373 e. The molecule has 6 nitrogen and oxygen atoms in total. The fourth-order valence-electron chi connectivity index (χ4n) is 4.46. The molecule has 0 radical (unpaired) electrons. The molecule has 1 aromatic heterocycles. The first kappa shape index (κ1) is 14.8. The molecule has 0 aliphatic carbocycles. The molecule has 0 unspecified atom stereocenters. The average molecular weight is 337 g/mol. The third-order valence-electron chi connectivity index (χ3n) is 5.66. The number of carbonyl (C=O) groups is 2. The van der Waals surface area contributed by atoms with Crippen LogP contribution < -0.4 is 4.90 Å². The molecular weight excluding hydrogens is 318 g/mol. The highest BCUT2D eigenvalue weighted by molar-refractivity contribution is 6.22. The molecule has 0 saturated carbocycles. The molecule has 128 valence electrons. The van der Waals surface area contributed by atoms with Crippen LogP contribution in [0.1, 0.15) is 24.1 Å². The Bertz CT molecular complexity index is 832. The van der Waals surface area contributed by atoms with Crippen molar-refractivity contribution in [3.05, 3.63) is 47.7 Å². The van der Waals surface area contributed by atoms with Crippen molar-refractivity contribution in [1.82, 2.24) is 9.78 Å². The molecule has 4 heterocycles. The first-order chi connectivity index (χ1) is 12.1. The van der Waals surface area contributed by atoms with E-state index in [0.717, 1.165) is 24.1 Å². The van der Waals surface area contributed by atoms with Gasteiger partial charge >= 0.3 is 0 Å². The zero-order valence-corrected chi connectivity index (χ0v) is 14.0. The van der Waals surface area contributed by atoms with Crippen LogP contribution in [-0.2, 0) is 20.9 Å². The number of hydrogen-bond acceptors (Lipinski definition) is 4. The second-order valence-corrected chi connectivity index (χ2v) is 7.14. The molecular formula is C19H19N3O3. The van der Waals surface area contributed by atoms with Crippen LogP contribution in [0.4, 0.5) is 5.82 Å². The highest BCUT2D eigenvalue weighted by atomic mass is 16.5. The van der Waals surface area contributed by atoms with Gasteiger partial charge in [0.25, 0.3) is 0 Å². The Kier molecular flexibility index (Phi) is 3.12. The molecule has 3 fully saturated rings. The monoisotopic (exact) mass is 337 g/mol. The summed E-state index contributed by atoms with van der Waals surface area (Å²) in [4.78, 5) is 27.0. The van der Waals surface area contributed by atoms with Gasteiger partial charge in [-0.1, -0.05) is 30.3 Å². The van der Waals surface area contributed by atoms with Crippen LogP contribution in [-0.4, -0.2) is 33.8 Å². The summed E-state index contributed by atoms with van der Waals surface area (Å²) in [7, 11) is 0. The Morgan fingerprint density at radius 1 is 1.08 bits per heavy atom. The van der Waals surface area contributed by atoms with E-state index in [1.807, 2.05) is 48.0 Å². The zero-order chi connectivity index (χ0) is 17.1. The molecule has 3 saturated heterocycles. The van der Waals surface area contributed by atoms with Crippen LogP contribution >= 0.6 is 0 Å². The summed E-state index contributed by atoms with van der Waals surface area (Å²) in [6.45, 7) is 2.56. The lowest BCUT2D eigenvalue weighted by Crippen LogP contribution is -2.34.